The van der Waals surface area contributed by atoms with Crippen LogP contribution in [-0.4, -0.2) is 19.4 Å². The molecule has 0 saturated heterocycles. The zero-order chi connectivity index (χ0) is 13.9. The molecule has 102 valence electrons. The molecule has 0 saturated carbocycles. The monoisotopic (exact) mass is 281 g/mol. The third-order valence-corrected chi connectivity index (χ3v) is 2.92. The first-order valence-corrected chi connectivity index (χ1v) is 5.75. The minimum absolute atomic E-state index is 0.179. The van der Waals surface area contributed by atoms with E-state index in [2.05, 4.69) is 4.74 Å². The van der Waals surface area contributed by atoms with Crippen molar-refractivity contribution in [1.29, 1.82) is 0 Å². The number of halogens is 4. The van der Waals surface area contributed by atoms with Crippen LogP contribution in [0.1, 0.15) is 22.7 Å². The van der Waals surface area contributed by atoms with Crippen LogP contribution in [0.3, 0.4) is 0 Å². The Morgan fingerprint density at radius 2 is 1.89 bits per heavy atom. The highest BCUT2D eigenvalue weighted by molar-refractivity contribution is 6.31. The Balaban J connectivity index is 2.67. The van der Waals surface area contributed by atoms with Gasteiger partial charge in [-0.05, 0) is 36.6 Å². The molecule has 0 aliphatic heterocycles. The lowest BCUT2D eigenvalue weighted by atomic mass is 10.00. The van der Waals surface area contributed by atoms with Gasteiger partial charge in [-0.25, -0.2) is 0 Å². The van der Waals surface area contributed by atoms with Crippen LogP contribution in [-0.2, 0) is 4.74 Å². The number of nitrogens with two attached hydrogens (primary N) is 1. The van der Waals surface area contributed by atoms with Crippen LogP contribution in [0, 0.1) is 13.8 Å². The van der Waals surface area contributed by atoms with Crippen molar-refractivity contribution in [2.75, 3.05) is 13.2 Å². The van der Waals surface area contributed by atoms with Gasteiger partial charge < -0.3 is 10.5 Å². The summed E-state index contributed by atoms with van der Waals surface area (Å²) in [6.45, 7) is 2.16. The molecular formula is C12H15ClF3NO. The molecule has 0 bridgehead atoms. The summed E-state index contributed by atoms with van der Waals surface area (Å²) in [5.74, 6) is 0. The molecule has 0 aromatic heterocycles. The van der Waals surface area contributed by atoms with Gasteiger partial charge >= 0.3 is 6.18 Å². The van der Waals surface area contributed by atoms with Crippen molar-refractivity contribution < 1.29 is 17.9 Å². The normalized spacial score (nSPS) is 13.7. The summed E-state index contributed by atoms with van der Waals surface area (Å²) in [6.07, 6.45) is -4.33. The number of alkyl halides is 3. The van der Waals surface area contributed by atoms with E-state index in [1.165, 1.54) is 0 Å². The molecule has 0 aliphatic carbocycles. The van der Waals surface area contributed by atoms with Gasteiger partial charge in [0.05, 0.1) is 12.6 Å². The second-order valence-electron chi connectivity index (χ2n) is 4.19. The van der Waals surface area contributed by atoms with E-state index in [4.69, 9.17) is 17.3 Å². The van der Waals surface area contributed by atoms with E-state index in [9.17, 15) is 13.2 Å². The van der Waals surface area contributed by atoms with Crippen LogP contribution >= 0.6 is 11.6 Å². The first-order valence-electron chi connectivity index (χ1n) is 5.37. The second-order valence-corrected chi connectivity index (χ2v) is 4.60. The smallest absolute Gasteiger partial charge is 0.370 e. The van der Waals surface area contributed by atoms with Gasteiger partial charge in [0.2, 0.25) is 0 Å². The molecule has 1 aromatic carbocycles. The number of hydrogen-bond acceptors (Lipinski definition) is 2. The fourth-order valence-electron chi connectivity index (χ4n) is 1.59. The zero-order valence-corrected chi connectivity index (χ0v) is 10.9. The Hall–Kier alpha value is -0.780. The van der Waals surface area contributed by atoms with E-state index < -0.39 is 18.8 Å². The summed E-state index contributed by atoms with van der Waals surface area (Å²) >= 11 is 5.93. The van der Waals surface area contributed by atoms with Gasteiger partial charge in [-0.15, -0.1) is 0 Å². The summed E-state index contributed by atoms with van der Waals surface area (Å²) in [5.41, 5.74) is 8.24. The molecule has 0 heterocycles. The second kappa shape index (κ2) is 5.91. The van der Waals surface area contributed by atoms with Crippen LogP contribution < -0.4 is 5.73 Å². The maximum Gasteiger partial charge on any atom is 0.411 e. The molecule has 2 nitrogen and oxygen atoms in total. The van der Waals surface area contributed by atoms with Gasteiger partial charge in [0.25, 0.3) is 0 Å². The molecule has 0 spiro atoms. The molecule has 18 heavy (non-hydrogen) atoms. The van der Waals surface area contributed by atoms with Crippen LogP contribution in [0.2, 0.25) is 5.02 Å². The van der Waals surface area contributed by atoms with Crippen LogP contribution in [0.5, 0.6) is 0 Å². The van der Waals surface area contributed by atoms with Gasteiger partial charge in [0.15, 0.2) is 0 Å². The average Bonchev–Trinajstić information content (AvgIpc) is 2.21. The minimum atomic E-state index is -4.33. The maximum atomic E-state index is 11.9. The van der Waals surface area contributed by atoms with Crippen LogP contribution in [0.25, 0.3) is 0 Å². The van der Waals surface area contributed by atoms with Crippen molar-refractivity contribution in [3.63, 3.8) is 0 Å². The van der Waals surface area contributed by atoms with E-state index in [-0.39, 0.29) is 6.61 Å². The highest BCUT2D eigenvalue weighted by Gasteiger charge is 2.27. The number of aryl methyl sites for hydroxylation is 2. The molecule has 0 aliphatic rings. The maximum absolute atomic E-state index is 11.9. The van der Waals surface area contributed by atoms with Crippen molar-refractivity contribution in [3.8, 4) is 0 Å². The molecular weight excluding hydrogens is 267 g/mol. The lowest BCUT2D eigenvalue weighted by Crippen LogP contribution is -2.23. The third-order valence-electron chi connectivity index (χ3n) is 2.51. The Morgan fingerprint density at radius 1 is 1.28 bits per heavy atom. The van der Waals surface area contributed by atoms with Crippen LogP contribution in [0.4, 0.5) is 13.2 Å². The highest BCUT2D eigenvalue weighted by Crippen LogP contribution is 2.24. The Kier molecular flexibility index (Phi) is 5.01. The van der Waals surface area contributed by atoms with E-state index in [0.717, 1.165) is 16.7 Å². The Bertz CT molecular complexity index is 421. The van der Waals surface area contributed by atoms with Crippen molar-refractivity contribution in [1.82, 2.24) is 0 Å². The molecule has 1 rings (SSSR count). The van der Waals surface area contributed by atoms with Gasteiger partial charge in [-0.2, -0.15) is 13.2 Å². The first-order chi connectivity index (χ1) is 8.20. The molecule has 0 radical (unpaired) electrons. The number of ether oxygens (including phenoxy) is 1. The van der Waals surface area contributed by atoms with E-state index in [0.29, 0.717) is 5.02 Å². The van der Waals surface area contributed by atoms with E-state index >= 15 is 0 Å². The fourth-order valence-corrected chi connectivity index (χ4v) is 1.81. The van der Waals surface area contributed by atoms with Crippen molar-refractivity contribution in [3.05, 3.63) is 33.8 Å². The molecule has 1 aromatic rings. The predicted octanol–water partition coefficient (Wildman–Crippen LogP) is 3.54. The summed E-state index contributed by atoms with van der Waals surface area (Å²) < 4.78 is 40.3. The summed E-state index contributed by atoms with van der Waals surface area (Å²) in [5, 5.41) is 0.611. The third kappa shape index (κ3) is 4.48. The quantitative estimate of drug-likeness (QED) is 0.916. The lowest BCUT2D eigenvalue weighted by Gasteiger charge is -2.17. The van der Waals surface area contributed by atoms with Crippen molar-refractivity contribution in [2.45, 2.75) is 26.1 Å². The zero-order valence-electron chi connectivity index (χ0n) is 10.1. The van der Waals surface area contributed by atoms with Gasteiger partial charge in [-0.3, -0.25) is 0 Å². The highest BCUT2D eigenvalue weighted by atomic mass is 35.5. The molecule has 0 amide bonds. The molecule has 6 heteroatoms. The van der Waals surface area contributed by atoms with Gasteiger partial charge in [-0.1, -0.05) is 17.7 Å². The Labute approximate surface area is 109 Å². The van der Waals surface area contributed by atoms with Crippen molar-refractivity contribution >= 4 is 11.6 Å². The number of hydrogen-bond donors (Lipinski definition) is 1. The van der Waals surface area contributed by atoms with E-state index in [1.54, 1.807) is 12.1 Å². The number of rotatable bonds is 4. The molecule has 0 fully saturated rings. The first kappa shape index (κ1) is 15.3. The summed E-state index contributed by atoms with van der Waals surface area (Å²) in [4.78, 5) is 0. The predicted molar refractivity (Wildman–Crippen MR) is 64.7 cm³/mol. The lowest BCUT2D eigenvalue weighted by molar-refractivity contribution is -0.174. The average molecular weight is 282 g/mol. The number of benzene rings is 1. The molecule has 1 atom stereocenters. The SMILES string of the molecule is Cc1cc(C(N)COCC(F)(F)F)c(C)cc1Cl. The minimum Gasteiger partial charge on any atom is -0.370 e. The fraction of sp³-hybridized carbons (Fsp3) is 0.500. The van der Waals surface area contributed by atoms with Gasteiger partial charge in [0, 0.05) is 5.02 Å². The Morgan fingerprint density at radius 3 is 2.44 bits per heavy atom. The van der Waals surface area contributed by atoms with E-state index in [1.807, 2.05) is 13.8 Å². The summed E-state index contributed by atoms with van der Waals surface area (Å²) in [6, 6.07) is 2.93. The van der Waals surface area contributed by atoms with Crippen molar-refractivity contribution in [2.24, 2.45) is 5.73 Å². The molecule has 1 unspecified atom stereocenters. The molecule has 2 N–H and O–H groups in total. The standard InChI is InChI=1S/C12H15ClF3NO/c1-7-4-10(13)8(2)3-9(7)11(17)5-18-6-12(14,15)16/h3-4,11H,5-6,17H2,1-2H3. The van der Waals surface area contributed by atoms with Gasteiger partial charge in [0.1, 0.15) is 6.61 Å². The topological polar surface area (TPSA) is 35.2 Å². The van der Waals surface area contributed by atoms with Crippen LogP contribution in [0.15, 0.2) is 12.1 Å². The largest absolute Gasteiger partial charge is 0.411 e. The summed E-state index contributed by atoms with van der Waals surface area (Å²) in [7, 11) is 0.